The van der Waals surface area contributed by atoms with E-state index in [1.54, 1.807) is 6.07 Å². The van der Waals surface area contributed by atoms with Crippen LogP contribution in [0.25, 0.3) is 0 Å². The van der Waals surface area contributed by atoms with Gasteiger partial charge in [-0.2, -0.15) is 5.26 Å². The lowest BCUT2D eigenvalue weighted by Gasteiger charge is -2.27. The normalized spacial score (nSPS) is 19.4. The minimum atomic E-state index is -0.229. The van der Waals surface area contributed by atoms with Gasteiger partial charge >= 0.3 is 0 Å². The first-order valence-electron chi connectivity index (χ1n) is 6.77. The van der Waals surface area contributed by atoms with Crippen LogP contribution in [0.1, 0.15) is 24.0 Å². The van der Waals surface area contributed by atoms with Gasteiger partial charge in [0.25, 0.3) is 0 Å². The molecule has 4 heteroatoms. The molecule has 0 aliphatic carbocycles. The standard InChI is InChI=1S/C15H20FN3/c1-19(10-13-3-2-6-18-9-13)11-14-7-12(8-17)4-5-15(14)16/h4-5,7,13,18H,2-3,6,9-11H2,1H3. The predicted octanol–water partition coefficient (Wildman–Crippen LogP) is 2.13. The van der Waals surface area contributed by atoms with Crippen LogP contribution < -0.4 is 5.32 Å². The second-order valence-corrected chi connectivity index (χ2v) is 5.33. The lowest BCUT2D eigenvalue weighted by atomic mass is 9.99. The lowest BCUT2D eigenvalue weighted by Crippen LogP contribution is -2.36. The molecule has 1 fully saturated rings. The minimum Gasteiger partial charge on any atom is -0.316 e. The second-order valence-electron chi connectivity index (χ2n) is 5.33. The van der Waals surface area contributed by atoms with E-state index in [4.69, 9.17) is 5.26 Å². The maximum absolute atomic E-state index is 13.7. The molecule has 1 aliphatic rings. The summed E-state index contributed by atoms with van der Waals surface area (Å²) in [5.41, 5.74) is 1.12. The van der Waals surface area contributed by atoms with Crippen molar-refractivity contribution in [2.45, 2.75) is 19.4 Å². The van der Waals surface area contributed by atoms with Crippen LogP contribution >= 0.6 is 0 Å². The average Bonchev–Trinajstić information content (AvgIpc) is 2.42. The second kappa shape index (κ2) is 6.65. The van der Waals surface area contributed by atoms with Crippen molar-refractivity contribution in [1.82, 2.24) is 10.2 Å². The van der Waals surface area contributed by atoms with Crippen molar-refractivity contribution >= 4 is 0 Å². The highest BCUT2D eigenvalue weighted by Gasteiger charge is 2.16. The van der Waals surface area contributed by atoms with Gasteiger partial charge in [0.2, 0.25) is 0 Å². The van der Waals surface area contributed by atoms with Gasteiger partial charge in [0.05, 0.1) is 11.6 Å². The average molecular weight is 261 g/mol. The van der Waals surface area contributed by atoms with Crippen LogP contribution in [-0.2, 0) is 6.54 Å². The first-order chi connectivity index (χ1) is 9.19. The summed E-state index contributed by atoms with van der Waals surface area (Å²) in [5, 5.41) is 12.2. The molecule has 19 heavy (non-hydrogen) atoms. The summed E-state index contributed by atoms with van der Waals surface area (Å²) >= 11 is 0. The van der Waals surface area contributed by atoms with Crippen molar-refractivity contribution < 1.29 is 4.39 Å². The SMILES string of the molecule is CN(Cc1cc(C#N)ccc1F)CC1CCCNC1. The van der Waals surface area contributed by atoms with E-state index in [0.717, 1.165) is 19.6 Å². The van der Waals surface area contributed by atoms with Crippen LogP contribution in [0.4, 0.5) is 4.39 Å². The monoisotopic (exact) mass is 261 g/mol. The predicted molar refractivity (Wildman–Crippen MR) is 73.0 cm³/mol. The van der Waals surface area contributed by atoms with Crippen LogP contribution in [-0.4, -0.2) is 31.6 Å². The molecule has 102 valence electrons. The molecular weight excluding hydrogens is 241 g/mol. The van der Waals surface area contributed by atoms with Crippen LogP contribution in [0.3, 0.4) is 0 Å². The van der Waals surface area contributed by atoms with E-state index < -0.39 is 0 Å². The zero-order valence-corrected chi connectivity index (χ0v) is 11.3. The molecule has 0 saturated carbocycles. The fourth-order valence-electron chi connectivity index (χ4n) is 2.64. The van der Waals surface area contributed by atoms with Gasteiger partial charge in [-0.15, -0.1) is 0 Å². The molecule has 0 radical (unpaired) electrons. The molecule has 0 amide bonds. The van der Waals surface area contributed by atoms with E-state index in [0.29, 0.717) is 23.6 Å². The number of piperidine rings is 1. The first-order valence-corrected chi connectivity index (χ1v) is 6.77. The highest BCUT2D eigenvalue weighted by Crippen LogP contribution is 2.15. The van der Waals surface area contributed by atoms with Crippen LogP contribution in [0.15, 0.2) is 18.2 Å². The highest BCUT2D eigenvalue weighted by atomic mass is 19.1. The zero-order valence-electron chi connectivity index (χ0n) is 11.3. The van der Waals surface area contributed by atoms with E-state index in [-0.39, 0.29) is 5.82 Å². The number of nitrogens with zero attached hydrogens (tertiary/aromatic N) is 2. The molecule has 0 spiro atoms. The Hall–Kier alpha value is -1.44. The van der Waals surface area contributed by atoms with E-state index in [2.05, 4.69) is 16.3 Å². The van der Waals surface area contributed by atoms with Gasteiger partial charge in [-0.3, -0.25) is 0 Å². The summed E-state index contributed by atoms with van der Waals surface area (Å²) in [5.74, 6) is 0.411. The third kappa shape index (κ3) is 4.02. The molecule has 0 bridgehead atoms. The van der Waals surface area contributed by atoms with Crippen LogP contribution in [0.5, 0.6) is 0 Å². The Kier molecular flexibility index (Phi) is 4.89. The summed E-state index contributed by atoms with van der Waals surface area (Å²) in [4.78, 5) is 2.14. The van der Waals surface area contributed by atoms with E-state index in [9.17, 15) is 4.39 Å². The molecule has 1 aromatic rings. The highest BCUT2D eigenvalue weighted by molar-refractivity contribution is 5.33. The summed E-state index contributed by atoms with van der Waals surface area (Å²) in [6.07, 6.45) is 2.45. The third-order valence-electron chi connectivity index (χ3n) is 3.58. The van der Waals surface area contributed by atoms with Gasteiger partial charge in [-0.1, -0.05) is 0 Å². The summed E-state index contributed by atoms with van der Waals surface area (Å²) in [7, 11) is 2.01. The number of halogens is 1. The smallest absolute Gasteiger partial charge is 0.127 e. The Morgan fingerprint density at radius 3 is 3.05 bits per heavy atom. The largest absolute Gasteiger partial charge is 0.316 e. The van der Waals surface area contributed by atoms with Gasteiger partial charge in [0, 0.05) is 18.7 Å². The van der Waals surface area contributed by atoms with Crippen molar-refractivity contribution in [3.63, 3.8) is 0 Å². The van der Waals surface area contributed by atoms with E-state index in [1.165, 1.54) is 25.0 Å². The van der Waals surface area contributed by atoms with Gasteiger partial charge in [0.15, 0.2) is 0 Å². The topological polar surface area (TPSA) is 39.1 Å². The molecule has 1 saturated heterocycles. The van der Waals surface area contributed by atoms with Crippen molar-refractivity contribution in [2.75, 3.05) is 26.7 Å². The molecule has 1 N–H and O–H groups in total. The van der Waals surface area contributed by atoms with Gasteiger partial charge in [0.1, 0.15) is 5.82 Å². The number of nitrogens with one attached hydrogen (secondary N) is 1. The molecule has 0 aromatic heterocycles. The molecule has 1 atom stereocenters. The van der Waals surface area contributed by atoms with Gasteiger partial charge in [-0.25, -0.2) is 4.39 Å². The summed E-state index contributed by atoms with van der Waals surface area (Å²) in [6, 6.07) is 6.59. The van der Waals surface area contributed by atoms with Gasteiger partial charge in [-0.05, 0) is 57.1 Å². The van der Waals surface area contributed by atoms with Crippen LogP contribution in [0.2, 0.25) is 0 Å². The fraction of sp³-hybridized carbons (Fsp3) is 0.533. The summed E-state index contributed by atoms with van der Waals surface area (Å²) < 4.78 is 13.7. The van der Waals surface area contributed by atoms with Gasteiger partial charge < -0.3 is 10.2 Å². The number of nitriles is 1. The van der Waals surface area contributed by atoms with E-state index in [1.807, 2.05) is 7.05 Å². The molecular formula is C15H20FN3. The maximum atomic E-state index is 13.7. The number of hydrogen-bond acceptors (Lipinski definition) is 3. The summed E-state index contributed by atoms with van der Waals surface area (Å²) in [6.45, 7) is 3.67. The van der Waals surface area contributed by atoms with Crippen molar-refractivity contribution in [3.8, 4) is 6.07 Å². The van der Waals surface area contributed by atoms with Crippen LogP contribution in [0, 0.1) is 23.1 Å². The number of benzene rings is 1. The van der Waals surface area contributed by atoms with Crippen molar-refractivity contribution in [3.05, 3.63) is 35.1 Å². The van der Waals surface area contributed by atoms with E-state index >= 15 is 0 Å². The Morgan fingerprint density at radius 2 is 2.37 bits per heavy atom. The van der Waals surface area contributed by atoms with Crippen molar-refractivity contribution in [2.24, 2.45) is 5.92 Å². The quantitative estimate of drug-likeness (QED) is 0.902. The molecule has 1 aromatic carbocycles. The number of hydrogen-bond donors (Lipinski definition) is 1. The first kappa shape index (κ1) is 14.0. The Labute approximate surface area is 114 Å². The lowest BCUT2D eigenvalue weighted by molar-refractivity contribution is 0.235. The maximum Gasteiger partial charge on any atom is 0.127 e. The fourth-order valence-corrected chi connectivity index (χ4v) is 2.64. The third-order valence-corrected chi connectivity index (χ3v) is 3.58. The Morgan fingerprint density at radius 1 is 1.53 bits per heavy atom. The molecule has 3 nitrogen and oxygen atoms in total. The molecule has 1 aliphatic heterocycles. The minimum absolute atomic E-state index is 0.229. The Bertz CT molecular complexity index is 461. The molecule has 1 heterocycles. The molecule has 1 unspecified atom stereocenters. The Balaban J connectivity index is 1.94. The molecule has 2 rings (SSSR count). The zero-order chi connectivity index (χ0) is 13.7. The van der Waals surface area contributed by atoms with Crippen molar-refractivity contribution in [1.29, 1.82) is 5.26 Å². The number of rotatable bonds is 4.